The SMILES string of the molecule is CCS(=O)(=O)N1CCC[C@@H]1c1nnc(C(=O)Nc2ccc3c(c2)OCO3)s1. The number of sulfonamides is 1. The van der Waals surface area contributed by atoms with Gasteiger partial charge in [-0.2, -0.15) is 4.31 Å². The number of carbonyl (C=O) groups excluding carboxylic acids is 1. The van der Waals surface area contributed by atoms with E-state index in [4.69, 9.17) is 9.47 Å². The summed E-state index contributed by atoms with van der Waals surface area (Å²) >= 11 is 1.12. The minimum atomic E-state index is -3.31. The van der Waals surface area contributed by atoms with Crippen molar-refractivity contribution in [1.29, 1.82) is 0 Å². The van der Waals surface area contributed by atoms with Crippen molar-refractivity contribution in [2.24, 2.45) is 0 Å². The molecule has 4 rings (SSSR count). The van der Waals surface area contributed by atoms with Crippen molar-refractivity contribution in [3.05, 3.63) is 28.2 Å². The maximum atomic E-state index is 12.5. The molecule has 27 heavy (non-hydrogen) atoms. The van der Waals surface area contributed by atoms with Crippen molar-refractivity contribution in [2.75, 3.05) is 24.4 Å². The number of carbonyl (C=O) groups is 1. The van der Waals surface area contributed by atoms with Gasteiger partial charge >= 0.3 is 0 Å². The molecule has 1 atom stereocenters. The number of anilines is 1. The lowest BCUT2D eigenvalue weighted by Crippen LogP contribution is -2.31. The van der Waals surface area contributed by atoms with Crippen molar-refractivity contribution in [1.82, 2.24) is 14.5 Å². The predicted octanol–water partition coefficient (Wildman–Crippen LogP) is 2.01. The fourth-order valence-electron chi connectivity index (χ4n) is 3.11. The summed E-state index contributed by atoms with van der Waals surface area (Å²) in [5.74, 6) is 0.835. The lowest BCUT2D eigenvalue weighted by molar-refractivity contribution is 0.102. The second-order valence-corrected chi connectivity index (χ2v) is 9.36. The van der Waals surface area contributed by atoms with Gasteiger partial charge in [-0.3, -0.25) is 4.79 Å². The lowest BCUT2D eigenvalue weighted by atomic mass is 10.2. The van der Waals surface area contributed by atoms with E-state index in [-0.39, 0.29) is 23.6 Å². The topological polar surface area (TPSA) is 111 Å². The zero-order valence-electron chi connectivity index (χ0n) is 14.5. The van der Waals surface area contributed by atoms with E-state index >= 15 is 0 Å². The number of benzene rings is 1. The molecule has 2 aliphatic heterocycles. The number of hydrogen-bond acceptors (Lipinski definition) is 8. The zero-order chi connectivity index (χ0) is 19.0. The quantitative estimate of drug-likeness (QED) is 0.802. The Morgan fingerprint density at radius 1 is 1.33 bits per heavy atom. The minimum absolute atomic E-state index is 0.0414. The molecule has 1 fully saturated rings. The van der Waals surface area contributed by atoms with Crippen LogP contribution in [0.1, 0.15) is 40.6 Å². The number of amides is 1. The molecule has 11 heteroatoms. The zero-order valence-corrected chi connectivity index (χ0v) is 16.2. The van der Waals surface area contributed by atoms with E-state index in [1.807, 2.05) is 0 Å². The fraction of sp³-hybridized carbons (Fsp3) is 0.438. The molecule has 0 bridgehead atoms. The second-order valence-electron chi connectivity index (χ2n) is 6.14. The van der Waals surface area contributed by atoms with Crippen LogP contribution in [-0.4, -0.2) is 47.9 Å². The fourth-order valence-corrected chi connectivity index (χ4v) is 5.39. The molecule has 9 nitrogen and oxygen atoms in total. The van der Waals surface area contributed by atoms with Crippen LogP contribution in [0, 0.1) is 0 Å². The van der Waals surface area contributed by atoms with Gasteiger partial charge in [0.15, 0.2) is 11.5 Å². The van der Waals surface area contributed by atoms with E-state index < -0.39 is 15.9 Å². The molecule has 0 unspecified atom stereocenters. The molecule has 0 spiro atoms. The van der Waals surface area contributed by atoms with Gasteiger partial charge < -0.3 is 14.8 Å². The van der Waals surface area contributed by atoms with Crippen molar-refractivity contribution < 1.29 is 22.7 Å². The number of ether oxygens (including phenoxy) is 2. The van der Waals surface area contributed by atoms with Gasteiger partial charge in [0.2, 0.25) is 21.8 Å². The maximum Gasteiger partial charge on any atom is 0.286 e. The van der Waals surface area contributed by atoms with Gasteiger partial charge in [-0.25, -0.2) is 8.42 Å². The summed E-state index contributed by atoms with van der Waals surface area (Å²) in [4.78, 5) is 12.5. The Hall–Kier alpha value is -2.24. The van der Waals surface area contributed by atoms with Crippen LogP contribution >= 0.6 is 11.3 Å². The van der Waals surface area contributed by atoms with E-state index in [1.165, 1.54) is 4.31 Å². The highest BCUT2D eigenvalue weighted by Gasteiger charge is 2.36. The Labute approximate surface area is 160 Å². The van der Waals surface area contributed by atoms with Crippen LogP contribution < -0.4 is 14.8 Å². The maximum absolute atomic E-state index is 12.5. The Morgan fingerprint density at radius 2 is 2.15 bits per heavy atom. The monoisotopic (exact) mass is 410 g/mol. The second kappa shape index (κ2) is 7.06. The largest absolute Gasteiger partial charge is 0.454 e. The van der Waals surface area contributed by atoms with Crippen LogP contribution in [0.3, 0.4) is 0 Å². The third-order valence-corrected chi connectivity index (χ3v) is 7.38. The molecule has 0 radical (unpaired) electrons. The normalized spacial score (nSPS) is 19.4. The molecule has 0 saturated carbocycles. The molecule has 2 aromatic rings. The van der Waals surface area contributed by atoms with Gasteiger partial charge in [-0.15, -0.1) is 10.2 Å². The van der Waals surface area contributed by atoms with E-state index in [9.17, 15) is 13.2 Å². The van der Waals surface area contributed by atoms with Crippen molar-refractivity contribution in [3.8, 4) is 11.5 Å². The standard InChI is InChI=1S/C16H18N4O5S2/c1-2-27(22,23)20-7-3-4-11(20)15-18-19-16(26-15)14(21)17-10-5-6-12-13(8-10)25-9-24-12/h5-6,8,11H,2-4,7,9H2,1H3,(H,17,21)/t11-/m1/s1. The first-order valence-corrected chi connectivity index (χ1v) is 10.9. The third-order valence-electron chi connectivity index (χ3n) is 4.48. The number of hydrogen-bond donors (Lipinski definition) is 1. The van der Waals surface area contributed by atoms with Gasteiger partial charge in [0.25, 0.3) is 5.91 Å². The smallest absolute Gasteiger partial charge is 0.286 e. The highest BCUT2D eigenvalue weighted by molar-refractivity contribution is 7.89. The van der Waals surface area contributed by atoms with Crippen LogP contribution in [0.25, 0.3) is 0 Å². The summed E-state index contributed by atoms with van der Waals surface area (Å²) in [7, 11) is -3.31. The van der Waals surface area contributed by atoms with Crippen LogP contribution in [0.15, 0.2) is 18.2 Å². The number of fused-ring (bicyclic) bond motifs is 1. The van der Waals surface area contributed by atoms with E-state index in [1.54, 1.807) is 25.1 Å². The van der Waals surface area contributed by atoms with Crippen LogP contribution in [0.2, 0.25) is 0 Å². The Kier molecular flexibility index (Phi) is 4.74. The highest BCUT2D eigenvalue weighted by Crippen LogP contribution is 2.36. The molecule has 1 amide bonds. The molecule has 144 valence electrons. The summed E-state index contributed by atoms with van der Waals surface area (Å²) < 4.78 is 36.5. The van der Waals surface area contributed by atoms with E-state index in [2.05, 4.69) is 15.5 Å². The van der Waals surface area contributed by atoms with Crippen molar-refractivity contribution in [2.45, 2.75) is 25.8 Å². The van der Waals surface area contributed by atoms with Crippen LogP contribution in [0.4, 0.5) is 5.69 Å². The molecule has 1 saturated heterocycles. The molecule has 1 aromatic heterocycles. The molecular weight excluding hydrogens is 392 g/mol. The number of nitrogens with one attached hydrogen (secondary N) is 1. The van der Waals surface area contributed by atoms with Gasteiger partial charge in [0.05, 0.1) is 11.8 Å². The van der Waals surface area contributed by atoms with Gasteiger partial charge in [0.1, 0.15) is 5.01 Å². The average Bonchev–Trinajstić information content (AvgIpc) is 3.39. The molecule has 1 N–H and O–H groups in total. The first-order chi connectivity index (χ1) is 13.0. The molecule has 2 aliphatic rings. The predicted molar refractivity (Wildman–Crippen MR) is 98.6 cm³/mol. The third kappa shape index (κ3) is 3.49. The molecule has 0 aliphatic carbocycles. The summed E-state index contributed by atoms with van der Waals surface area (Å²) in [6.45, 7) is 2.25. The van der Waals surface area contributed by atoms with Gasteiger partial charge in [-0.05, 0) is 31.9 Å². The Balaban J connectivity index is 1.50. The van der Waals surface area contributed by atoms with Crippen LogP contribution in [0.5, 0.6) is 11.5 Å². The first kappa shape index (κ1) is 18.1. The number of rotatable bonds is 5. The average molecular weight is 410 g/mol. The molecular formula is C16H18N4O5S2. The van der Waals surface area contributed by atoms with Gasteiger partial charge in [0, 0.05) is 18.3 Å². The summed E-state index contributed by atoms with van der Waals surface area (Å²) in [5, 5.41) is 11.5. The van der Waals surface area contributed by atoms with Crippen LogP contribution in [-0.2, 0) is 10.0 Å². The van der Waals surface area contributed by atoms with E-state index in [0.29, 0.717) is 35.2 Å². The van der Waals surface area contributed by atoms with Gasteiger partial charge in [-0.1, -0.05) is 11.3 Å². The Bertz CT molecular complexity index is 975. The summed E-state index contributed by atoms with van der Waals surface area (Å²) in [6.07, 6.45) is 1.44. The summed E-state index contributed by atoms with van der Waals surface area (Å²) in [6, 6.07) is 4.75. The summed E-state index contributed by atoms with van der Waals surface area (Å²) in [5.41, 5.74) is 0.553. The first-order valence-electron chi connectivity index (χ1n) is 8.52. The molecule has 1 aromatic carbocycles. The van der Waals surface area contributed by atoms with Crippen molar-refractivity contribution >= 4 is 33.0 Å². The highest BCUT2D eigenvalue weighted by atomic mass is 32.2. The van der Waals surface area contributed by atoms with E-state index in [0.717, 1.165) is 17.8 Å². The lowest BCUT2D eigenvalue weighted by Gasteiger charge is -2.21. The number of aromatic nitrogens is 2. The molecule has 3 heterocycles. The minimum Gasteiger partial charge on any atom is -0.454 e. The number of nitrogens with zero attached hydrogens (tertiary/aromatic N) is 3. The Morgan fingerprint density at radius 3 is 2.96 bits per heavy atom. The van der Waals surface area contributed by atoms with Crippen molar-refractivity contribution in [3.63, 3.8) is 0 Å².